The molecule has 8 nitrogen and oxygen atoms in total. The van der Waals surface area contributed by atoms with Gasteiger partial charge in [0.1, 0.15) is 0 Å². The smallest absolute Gasteiger partial charge is 0.235 e. The van der Waals surface area contributed by atoms with E-state index in [1.54, 1.807) is 42.7 Å². The minimum absolute atomic E-state index is 0.118. The number of rotatable bonds is 12. The number of aromatic nitrogens is 2. The van der Waals surface area contributed by atoms with Crippen LogP contribution in [0.25, 0.3) is 0 Å². The van der Waals surface area contributed by atoms with Gasteiger partial charge in [-0.3, -0.25) is 9.69 Å². The summed E-state index contributed by atoms with van der Waals surface area (Å²) in [4.78, 5) is 19.4. The van der Waals surface area contributed by atoms with Crippen LogP contribution in [-0.4, -0.2) is 58.3 Å². The number of nitriles is 1. The number of nitrogens with one attached hydrogen (secondary N) is 2. The topological polar surface area (TPSA) is 95.2 Å². The van der Waals surface area contributed by atoms with Crippen molar-refractivity contribution >= 4 is 46.4 Å². The zero-order valence-corrected chi connectivity index (χ0v) is 23.6. The van der Waals surface area contributed by atoms with Crippen LogP contribution >= 0.6 is 35.4 Å². The molecule has 1 amide bonds. The monoisotopic (exact) mass is 572 g/mol. The molecule has 1 aromatic heterocycles. The number of hydrogen-bond donors (Lipinski definition) is 2. The molecular weight excluding hydrogens is 543 g/mol. The van der Waals surface area contributed by atoms with Gasteiger partial charge in [0.15, 0.2) is 5.11 Å². The molecular formula is C27H30Cl2N6O2S. The number of ether oxygens (including phenoxy) is 1. The molecule has 0 aliphatic heterocycles. The summed E-state index contributed by atoms with van der Waals surface area (Å²) in [5, 5.41) is 16.8. The van der Waals surface area contributed by atoms with Crippen LogP contribution in [0, 0.1) is 11.3 Å². The van der Waals surface area contributed by atoms with Crippen molar-refractivity contribution in [3.8, 4) is 6.07 Å². The highest BCUT2D eigenvalue weighted by molar-refractivity contribution is 7.80. The van der Waals surface area contributed by atoms with Gasteiger partial charge in [0.25, 0.3) is 0 Å². The molecule has 0 bridgehead atoms. The third-order valence-electron chi connectivity index (χ3n) is 5.86. The summed E-state index contributed by atoms with van der Waals surface area (Å²) in [5.41, 5.74) is 3.23. The average molecular weight is 574 g/mol. The van der Waals surface area contributed by atoms with Gasteiger partial charge in [-0.05, 0) is 48.5 Å². The first-order valence-electron chi connectivity index (χ1n) is 12.0. The number of carbonyl (C=O) groups is 1. The van der Waals surface area contributed by atoms with E-state index < -0.39 is 0 Å². The molecule has 0 unspecified atom stereocenters. The van der Waals surface area contributed by atoms with Crippen LogP contribution in [0.4, 0.5) is 0 Å². The Kier molecular flexibility index (Phi) is 11.5. The number of thiocarbonyl (C=S) groups is 1. The molecule has 1 atom stereocenters. The van der Waals surface area contributed by atoms with Crippen LogP contribution in [0.2, 0.25) is 10.0 Å². The molecule has 0 saturated heterocycles. The minimum Gasteiger partial charge on any atom is -0.383 e. The average Bonchev–Trinajstić information content (AvgIpc) is 3.33. The molecule has 0 saturated carbocycles. The van der Waals surface area contributed by atoms with Crippen LogP contribution in [0.15, 0.2) is 55.0 Å². The second-order valence-electron chi connectivity index (χ2n) is 8.68. The number of nitrogens with zero attached hydrogens (tertiary/aromatic N) is 4. The second-order valence-corrected chi connectivity index (χ2v) is 9.85. The lowest BCUT2D eigenvalue weighted by Crippen LogP contribution is -2.52. The van der Waals surface area contributed by atoms with Gasteiger partial charge in [-0.15, -0.1) is 0 Å². The quantitative estimate of drug-likeness (QED) is 0.248. The van der Waals surface area contributed by atoms with Crippen LogP contribution < -0.4 is 10.6 Å². The Balaban J connectivity index is 1.69. The molecule has 0 aliphatic carbocycles. The summed E-state index contributed by atoms with van der Waals surface area (Å²) in [7, 11) is 1.61. The molecule has 0 radical (unpaired) electrons. The number of halogens is 2. The van der Waals surface area contributed by atoms with Crippen molar-refractivity contribution in [2.75, 3.05) is 26.8 Å². The van der Waals surface area contributed by atoms with Gasteiger partial charge in [0.05, 0.1) is 41.0 Å². The molecule has 0 fully saturated rings. The maximum atomic E-state index is 13.6. The minimum atomic E-state index is -0.252. The standard InChI is InChI=1S/C27H30Cl2N6O2S/c1-19(14-31-15-22-4-3-5-24(28)26(22)29)35(27(38)33-10-11-37-2)25(36)12-23-16-32-18-34(23)17-21-8-6-20(13-30)7-9-21/h3-9,16,18-19,31H,10-12,14-15,17H2,1-2H3,(H,33,38)/t19-/m0/s1. The second kappa shape index (κ2) is 14.8. The van der Waals surface area contributed by atoms with Crippen molar-refractivity contribution in [2.24, 2.45) is 0 Å². The highest BCUT2D eigenvalue weighted by atomic mass is 35.5. The lowest BCUT2D eigenvalue weighted by Gasteiger charge is -2.30. The van der Waals surface area contributed by atoms with E-state index in [2.05, 4.69) is 21.7 Å². The van der Waals surface area contributed by atoms with Gasteiger partial charge in [-0.2, -0.15) is 5.26 Å². The number of imidazole rings is 1. The predicted octanol–water partition coefficient (Wildman–Crippen LogP) is 4.18. The van der Waals surface area contributed by atoms with Crippen molar-refractivity contribution in [1.29, 1.82) is 5.26 Å². The fourth-order valence-corrected chi connectivity index (χ4v) is 4.63. The summed E-state index contributed by atoms with van der Waals surface area (Å²) in [6.45, 7) is 4.37. The first kappa shape index (κ1) is 29.6. The van der Waals surface area contributed by atoms with Crippen molar-refractivity contribution in [1.82, 2.24) is 25.1 Å². The molecule has 0 aliphatic rings. The Morgan fingerprint density at radius 1 is 1.26 bits per heavy atom. The Morgan fingerprint density at radius 2 is 2.03 bits per heavy atom. The fraction of sp³-hybridized carbons (Fsp3) is 0.333. The van der Waals surface area contributed by atoms with E-state index >= 15 is 0 Å². The van der Waals surface area contributed by atoms with Crippen molar-refractivity contribution in [3.63, 3.8) is 0 Å². The summed E-state index contributed by atoms with van der Waals surface area (Å²) in [6.07, 6.45) is 3.50. The first-order valence-corrected chi connectivity index (χ1v) is 13.2. The van der Waals surface area contributed by atoms with E-state index in [0.717, 1.165) is 16.8 Å². The van der Waals surface area contributed by atoms with Crippen molar-refractivity contribution < 1.29 is 9.53 Å². The van der Waals surface area contributed by atoms with E-state index in [1.165, 1.54) is 0 Å². The SMILES string of the molecule is COCCNC(=S)N(C(=O)Cc1cncn1Cc1ccc(C#N)cc1)[C@@H](C)CNCc1cccc(Cl)c1Cl. The molecule has 2 aromatic carbocycles. The van der Waals surface area contributed by atoms with Gasteiger partial charge in [-0.1, -0.05) is 47.5 Å². The van der Waals surface area contributed by atoms with Gasteiger partial charge in [0, 0.05) is 51.2 Å². The van der Waals surface area contributed by atoms with Gasteiger partial charge < -0.3 is 19.9 Å². The third kappa shape index (κ3) is 8.25. The Labute approximate surface area is 238 Å². The third-order valence-corrected chi connectivity index (χ3v) is 7.06. The summed E-state index contributed by atoms with van der Waals surface area (Å²) in [6, 6.07) is 14.7. The maximum absolute atomic E-state index is 13.6. The van der Waals surface area contributed by atoms with Crippen LogP contribution in [0.1, 0.15) is 29.3 Å². The molecule has 1 heterocycles. The lowest BCUT2D eigenvalue weighted by atomic mass is 10.1. The van der Waals surface area contributed by atoms with Crippen LogP contribution in [0.3, 0.4) is 0 Å². The fourth-order valence-electron chi connectivity index (χ4n) is 3.86. The normalized spacial score (nSPS) is 11.6. The zero-order valence-electron chi connectivity index (χ0n) is 21.3. The van der Waals surface area contributed by atoms with Gasteiger partial charge in [0.2, 0.25) is 5.91 Å². The van der Waals surface area contributed by atoms with Crippen LogP contribution in [0.5, 0.6) is 0 Å². The maximum Gasteiger partial charge on any atom is 0.235 e. The van der Waals surface area contributed by atoms with E-state index in [-0.39, 0.29) is 18.4 Å². The molecule has 3 rings (SSSR count). The van der Waals surface area contributed by atoms with E-state index in [9.17, 15) is 4.79 Å². The van der Waals surface area contributed by atoms with E-state index in [1.807, 2.05) is 35.8 Å². The molecule has 0 spiro atoms. The Morgan fingerprint density at radius 3 is 2.74 bits per heavy atom. The molecule has 38 heavy (non-hydrogen) atoms. The predicted molar refractivity (Wildman–Crippen MR) is 153 cm³/mol. The Bertz CT molecular complexity index is 1280. The molecule has 11 heteroatoms. The zero-order chi connectivity index (χ0) is 27.5. The van der Waals surface area contributed by atoms with Gasteiger partial charge in [-0.25, -0.2) is 4.98 Å². The van der Waals surface area contributed by atoms with Crippen molar-refractivity contribution in [2.45, 2.75) is 32.5 Å². The lowest BCUT2D eigenvalue weighted by molar-refractivity contribution is -0.128. The van der Waals surface area contributed by atoms with E-state index in [4.69, 9.17) is 45.4 Å². The van der Waals surface area contributed by atoms with Gasteiger partial charge >= 0.3 is 0 Å². The molecule has 200 valence electrons. The largest absolute Gasteiger partial charge is 0.383 e. The summed E-state index contributed by atoms with van der Waals surface area (Å²) >= 11 is 18.0. The number of carbonyl (C=O) groups excluding carboxylic acids is 1. The first-order chi connectivity index (χ1) is 18.3. The highest BCUT2D eigenvalue weighted by Gasteiger charge is 2.25. The summed E-state index contributed by atoms with van der Waals surface area (Å²) < 4.78 is 7.03. The number of hydrogen-bond acceptors (Lipinski definition) is 6. The molecule has 2 N–H and O–H groups in total. The summed E-state index contributed by atoms with van der Waals surface area (Å²) in [5.74, 6) is -0.156. The number of methoxy groups -OCH3 is 1. The Hall–Kier alpha value is -3.00. The number of amides is 1. The van der Waals surface area contributed by atoms with E-state index in [0.29, 0.717) is 53.5 Å². The van der Waals surface area contributed by atoms with Crippen LogP contribution in [-0.2, 0) is 29.0 Å². The number of benzene rings is 2. The molecule has 3 aromatic rings. The van der Waals surface area contributed by atoms with Crippen molar-refractivity contribution in [3.05, 3.63) is 87.4 Å². The highest BCUT2D eigenvalue weighted by Crippen LogP contribution is 2.25.